The molecule has 0 saturated carbocycles. The molecule has 66 valence electrons. The molecule has 0 bridgehead atoms. The summed E-state index contributed by atoms with van der Waals surface area (Å²) in [6, 6.07) is 3.60. The quantitative estimate of drug-likeness (QED) is 0.528. The Bertz CT molecular complexity index is 359. The van der Waals surface area contributed by atoms with Crippen molar-refractivity contribution in [3.63, 3.8) is 0 Å². The molecule has 3 nitrogen and oxygen atoms in total. The van der Waals surface area contributed by atoms with Gasteiger partial charge in [-0.2, -0.15) is 10.5 Å². The fourth-order valence-electron chi connectivity index (χ4n) is 1.01. The van der Waals surface area contributed by atoms with Crippen molar-refractivity contribution in [1.29, 1.82) is 10.5 Å². The molecule has 0 N–H and O–H groups in total. The molecule has 1 aliphatic heterocycles. The van der Waals surface area contributed by atoms with Gasteiger partial charge in [-0.05, 0) is 32.4 Å². The molecule has 0 aromatic carbocycles. The van der Waals surface area contributed by atoms with Crippen molar-refractivity contribution in [1.82, 2.24) is 0 Å². The predicted molar refractivity (Wildman–Crippen MR) is 47.2 cm³/mol. The Morgan fingerprint density at radius 3 is 2.23 bits per heavy atom. The lowest BCUT2D eigenvalue weighted by molar-refractivity contribution is 0.0932. The zero-order valence-electron chi connectivity index (χ0n) is 7.88. The smallest absolute Gasteiger partial charge is 0.171 e. The van der Waals surface area contributed by atoms with E-state index in [0.29, 0.717) is 5.76 Å². The Balaban J connectivity index is 3.15. The third kappa shape index (κ3) is 1.55. The van der Waals surface area contributed by atoms with E-state index < -0.39 is 5.60 Å². The van der Waals surface area contributed by atoms with Crippen LogP contribution >= 0.6 is 0 Å². The van der Waals surface area contributed by atoms with Crippen molar-refractivity contribution in [2.24, 2.45) is 0 Å². The van der Waals surface area contributed by atoms with Crippen molar-refractivity contribution >= 4 is 0 Å². The van der Waals surface area contributed by atoms with Gasteiger partial charge < -0.3 is 4.74 Å². The van der Waals surface area contributed by atoms with Gasteiger partial charge in [-0.25, -0.2) is 0 Å². The van der Waals surface area contributed by atoms with E-state index in [-0.39, 0.29) is 5.57 Å². The lowest BCUT2D eigenvalue weighted by Crippen LogP contribution is -2.20. The molecule has 0 aromatic rings. The third-order valence-electron chi connectivity index (χ3n) is 2.13. The zero-order chi connectivity index (χ0) is 10.1. The van der Waals surface area contributed by atoms with Crippen LogP contribution in [0.1, 0.15) is 20.8 Å². The fraction of sp³-hybridized carbons (Fsp3) is 0.400. The predicted octanol–water partition coefficient (Wildman–Crippen LogP) is 2.04. The molecule has 1 rings (SSSR count). The van der Waals surface area contributed by atoms with Crippen molar-refractivity contribution in [3.05, 3.63) is 23.0 Å². The van der Waals surface area contributed by atoms with Gasteiger partial charge in [-0.3, -0.25) is 0 Å². The Hall–Kier alpha value is -1.74. The number of hydrogen-bond donors (Lipinski definition) is 0. The molecule has 1 aliphatic rings. The van der Waals surface area contributed by atoms with Crippen molar-refractivity contribution in [3.8, 4) is 12.1 Å². The van der Waals surface area contributed by atoms with E-state index in [1.54, 1.807) is 18.2 Å². The minimum atomic E-state index is -0.395. The normalized spacial score (nSPS) is 18.2. The molecular formula is C10H10N2O. The average molecular weight is 174 g/mol. The van der Waals surface area contributed by atoms with Crippen LogP contribution in [0.5, 0.6) is 0 Å². The summed E-state index contributed by atoms with van der Waals surface area (Å²) >= 11 is 0. The van der Waals surface area contributed by atoms with Crippen LogP contribution in [0.25, 0.3) is 0 Å². The summed E-state index contributed by atoms with van der Waals surface area (Å²) in [7, 11) is 0. The number of rotatable bonds is 0. The van der Waals surface area contributed by atoms with Crippen LogP contribution in [0, 0.1) is 22.7 Å². The summed E-state index contributed by atoms with van der Waals surface area (Å²) < 4.78 is 5.45. The van der Waals surface area contributed by atoms with Gasteiger partial charge in [-0.1, -0.05) is 0 Å². The highest BCUT2D eigenvalue weighted by Gasteiger charge is 2.30. The Labute approximate surface area is 77.5 Å². The number of nitriles is 2. The highest BCUT2D eigenvalue weighted by Crippen LogP contribution is 2.33. The second-order valence-corrected chi connectivity index (χ2v) is 3.40. The fourth-order valence-corrected chi connectivity index (χ4v) is 1.01. The largest absolute Gasteiger partial charge is 0.481 e. The second-order valence-electron chi connectivity index (χ2n) is 3.40. The van der Waals surface area contributed by atoms with Crippen molar-refractivity contribution in [2.45, 2.75) is 26.4 Å². The minimum absolute atomic E-state index is 0.0323. The van der Waals surface area contributed by atoms with Crippen LogP contribution < -0.4 is 0 Å². The first-order valence-electron chi connectivity index (χ1n) is 3.93. The number of nitrogens with zero attached hydrogens (tertiary/aromatic N) is 2. The molecule has 0 unspecified atom stereocenters. The summed E-state index contributed by atoms with van der Waals surface area (Å²) in [5.41, 5.74) is 0.657. The molecule has 0 spiro atoms. The molecule has 3 heteroatoms. The standard InChI is InChI=1S/C10H10N2O/c1-7-4-9(8(5-11)6-12)13-10(7,2)3/h4H,1-3H3. The van der Waals surface area contributed by atoms with Crippen LogP contribution in [-0.2, 0) is 4.74 Å². The Kier molecular flexibility index (Phi) is 2.12. The molecule has 1 heterocycles. The van der Waals surface area contributed by atoms with Gasteiger partial charge in [-0.15, -0.1) is 0 Å². The van der Waals surface area contributed by atoms with Crippen LogP contribution in [0.4, 0.5) is 0 Å². The maximum Gasteiger partial charge on any atom is 0.171 e. The van der Waals surface area contributed by atoms with E-state index >= 15 is 0 Å². The molecule has 0 saturated heterocycles. The number of hydrogen-bond acceptors (Lipinski definition) is 3. The summed E-state index contributed by atoms with van der Waals surface area (Å²) in [5.74, 6) is 0.382. The van der Waals surface area contributed by atoms with Crippen LogP contribution in [0.3, 0.4) is 0 Å². The van der Waals surface area contributed by atoms with Gasteiger partial charge >= 0.3 is 0 Å². The second kappa shape index (κ2) is 2.95. The van der Waals surface area contributed by atoms with Gasteiger partial charge in [0, 0.05) is 0 Å². The van der Waals surface area contributed by atoms with E-state index in [2.05, 4.69) is 0 Å². The number of allylic oxidation sites excluding steroid dienone is 2. The van der Waals surface area contributed by atoms with Crippen LogP contribution in [0.2, 0.25) is 0 Å². The van der Waals surface area contributed by atoms with Crippen LogP contribution in [0.15, 0.2) is 23.0 Å². The molecule has 0 radical (unpaired) electrons. The molecule has 0 fully saturated rings. The van der Waals surface area contributed by atoms with Gasteiger partial charge in [0.2, 0.25) is 0 Å². The van der Waals surface area contributed by atoms with E-state index in [1.807, 2.05) is 20.8 Å². The Morgan fingerprint density at radius 2 is 1.92 bits per heavy atom. The summed E-state index contributed by atoms with van der Waals surface area (Å²) in [6.07, 6.45) is 1.74. The van der Waals surface area contributed by atoms with Gasteiger partial charge in [0.05, 0.1) is 0 Å². The maximum absolute atomic E-state index is 8.60. The zero-order valence-corrected chi connectivity index (χ0v) is 7.88. The summed E-state index contributed by atoms with van der Waals surface area (Å²) in [5, 5.41) is 17.2. The topological polar surface area (TPSA) is 56.8 Å². The average Bonchev–Trinajstić information content (AvgIpc) is 2.29. The first kappa shape index (κ1) is 9.35. The first-order chi connectivity index (χ1) is 6.01. The molecule has 0 aliphatic carbocycles. The monoisotopic (exact) mass is 174 g/mol. The van der Waals surface area contributed by atoms with Crippen molar-refractivity contribution < 1.29 is 4.74 Å². The highest BCUT2D eigenvalue weighted by atomic mass is 16.5. The lowest BCUT2D eigenvalue weighted by atomic mass is 10.0. The molecule has 0 atom stereocenters. The Morgan fingerprint density at radius 1 is 1.38 bits per heavy atom. The van der Waals surface area contributed by atoms with Crippen molar-refractivity contribution in [2.75, 3.05) is 0 Å². The van der Waals surface area contributed by atoms with Gasteiger partial charge in [0.1, 0.15) is 23.5 Å². The molecular weight excluding hydrogens is 164 g/mol. The van der Waals surface area contributed by atoms with Crippen LogP contribution in [-0.4, -0.2) is 5.60 Å². The number of ether oxygens (including phenoxy) is 1. The minimum Gasteiger partial charge on any atom is -0.481 e. The first-order valence-corrected chi connectivity index (χ1v) is 3.93. The molecule has 13 heavy (non-hydrogen) atoms. The molecule has 0 aromatic heterocycles. The third-order valence-corrected chi connectivity index (χ3v) is 2.13. The van der Waals surface area contributed by atoms with E-state index in [9.17, 15) is 0 Å². The van der Waals surface area contributed by atoms with Gasteiger partial charge in [0.15, 0.2) is 5.57 Å². The van der Waals surface area contributed by atoms with E-state index in [4.69, 9.17) is 15.3 Å². The van der Waals surface area contributed by atoms with Gasteiger partial charge in [0.25, 0.3) is 0 Å². The maximum atomic E-state index is 8.60. The lowest BCUT2D eigenvalue weighted by Gasteiger charge is -2.20. The highest BCUT2D eigenvalue weighted by molar-refractivity contribution is 5.46. The molecule has 0 amide bonds. The summed E-state index contributed by atoms with van der Waals surface area (Å²) in [6.45, 7) is 5.72. The van der Waals surface area contributed by atoms with E-state index in [1.165, 1.54) is 0 Å². The summed E-state index contributed by atoms with van der Waals surface area (Å²) in [4.78, 5) is 0. The van der Waals surface area contributed by atoms with E-state index in [0.717, 1.165) is 5.57 Å². The SMILES string of the molecule is CC1=CC(=C(C#N)C#N)OC1(C)C.